The van der Waals surface area contributed by atoms with Gasteiger partial charge in [0.1, 0.15) is 12.0 Å². The number of rotatable bonds is 6. The molecule has 1 aromatic heterocycles. The summed E-state index contributed by atoms with van der Waals surface area (Å²) in [6.07, 6.45) is 3.26. The molecule has 0 saturated carbocycles. The molecule has 0 aliphatic carbocycles. The molecular weight excluding hydrogens is 332 g/mol. The molecular formula is C15H19BrN4O. The zero-order valence-electron chi connectivity index (χ0n) is 12.2. The fraction of sp³-hybridized carbons (Fsp3) is 0.333. The van der Waals surface area contributed by atoms with Gasteiger partial charge in [-0.1, -0.05) is 29.8 Å². The number of nitrogens with one attached hydrogen (secondary N) is 1. The maximum Gasteiger partial charge on any atom is 0.242 e. The summed E-state index contributed by atoms with van der Waals surface area (Å²) in [6.45, 7) is 4.72. The van der Waals surface area contributed by atoms with Gasteiger partial charge < -0.3 is 15.8 Å². The number of anilines is 3. The molecule has 0 atom stereocenters. The van der Waals surface area contributed by atoms with Gasteiger partial charge in [0.2, 0.25) is 5.88 Å². The summed E-state index contributed by atoms with van der Waals surface area (Å²) in [5.41, 5.74) is 8.66. The van der Waals surface area contributed by atoms with Crippen molar-refractivity contribution in [3.63, 3.8) is 0 Å². The third kappa shape index (κ3) is 3.85. The van der Waals surface area contributed by atoms with E-state index in [4.69, 9.17) is 10.5 Å². The van der Waals surface area contributed by atoms with Crippen molar-refractivity contribution in [2.75, 3.05) is 17.7 Å². The average molecular weight is 351 g/mol. The van der Waals surface area contributed by atoms with Gasteiger partial charge in [0.25, 0.3) is 0 Å². The lowest BCUT2D eigenvalue weighted by Crippen LogP contribution is -2.06. The van der Waals surface area contributed by atoms with E-state index in [0.717, 1.165) is 23.0 Å². The van der Waals surface area contributed by atoms with Crippen LogP contribution in [0.1, 0.15) is 25.8 Å². The Morgan fingerprint density at radius 2 is 2.10 bits per heavy atom. The van der Waals surface area contributed by atoms with Crippen molar-refractivity contribution in [2.24, 2.45) is 0 Å². The summed E-state index contributed by atoms with van der Waals surface area (Å²) in [5.74, 6) is 0.984. The lowest BCUT2D eigenvalue weighted by Gasteiger charge is -2.14. The second kappa shape index (κ2) is 7.26. The van der Waals surface area contributed by atoms with E-state index >= 15 is 0 Å². The Labute approximate surface area is 133 Å². The van der Waals surface area contributed by atoms with E-state index in [0.29, 0.717) is 24.0 Å². The minimum Gasteiger partial charge on any atom is -0.476 e. The lowest BCUT2D eigenvalue weighted by molar-refractivity contribution is 0.307. The number of aryl methyl sites for hydroxylation is 1. The number of ether oxygens (including phenoxy) is 1. The molecule has 1 heterocycles. The summed E-state index contributed by atoms with van der Waals surface area (Å²) in [7, 11) is 0. The number of benzene rings is 1. The Morgan fingerprint density at radius 3 is 2.81 bits per heavy atom. The van der Waals surface area contributed by atoms with E-state index < -0.39 is 0 Å². The van der Waals surface area contributed by atoms with Crippen molar-refractivity contribution >= 4 is 33.1 Å². The van der Waals surface area contributed by atoms with Crippen LogP contribution in [0.2, 0.25) is 0 Å². The maximum absolute atomic E-state index is 6.07. The Balaban J connectivity index is 2.27. The van der Waals surface area contributed by atoms with Crippen LogP contribution in [0.4, 0.5) is 17.2 Å². The van der Waals surface area contributed by atoms with Crippen molar-refractivity contribution in [1.82, 2.24) is 9.97 Å². The highest BCUT2D eigenvalue weighted by atomic mass is 79.9. The zero-order chi connectivity index (χ0) is 15.2. The molecule has 0 spiro atoms. The van der Waals surface area contributed by atoms with Crippen molar-refractivity contribution in [2.45, 2.75) is 26.7 Å². The molecule has 0 aliphatic heterocycles. The standard InChI is InChI=1S/C15H19BrN4O/c1-3-7-21-15-13(17)14(18-9-19-15)20-12-6-5-11(16)8-10(12)4-2/h5-6,8-9H,3-4,7,17H2,1-2H3,(H,18,19,20). The molecule has 0 aliphatic rings. The Hall–Kier alpha value is -1.82. The van der Waals surface area contributed by atoms with Crippen LogP contribution in [0.15, 0.2) is 29.0 Å². The van der Waals surface area contributed by atoms with E-state index in [1.165, 1.54) is 11.9 Å². The molecule has 2 rings (SSSR count). The molecule has 0 bridgehead atoms. The lowest BCUT2D eigenvalue weighted by atomic mass is 10.1. The molecule has 3 N–H and O–H groups in total. The van der Waals surface area contributed by atoms with Crippen LogP contribution < -0.4 is 15.8 Å². The first-order valence-corrected chi connectivity index (χ1v) is 7.73. The molecule has 0 saturated heterocycles. The Kier molecular flexibility index (Phi) is 5.38. The average Bonchev–Trinajstić information content (AvgIpc) is 2.49. The van der Waals surface area contributed by atoms with Crippen LogP contribution >= 0.6 is 15.9 Å². The SMILES string of the molecule is CCCOc1ncnc(Nc2ccc(Br)cc2CC)c1N. The van der Waals surface area contributed by atoms with E-state index in [9.17, 15) is 0 Å². The van der Waals surface area contributed by atoms with Gasteiger partial charge in [-0.05, 0) is 36.6 Å². The Bertz CT molecular complexity index is 619. The quantitative estimate of drug-likeness (QED) is 0.825. The van der Waals surface area contributed by atoms with Gasteiger partial charge in [-0.15, -0.1) is 0 Å². The van der Waals surface area contributed by atoms with E-state index in [-0.39, 0.29) is 0 Å². The van der Waals surface area contributed by atoms with Gasteiger partial charge in [0, 0.05) is 10.2 Å². The summed E-state index contributed by atoms with van der Waals surface area (Å²) >= 11 is 3.48. The molecule has 0 radical (unpaired) electrons. The zero-order valence-corrected chi connectivity index (χ0v) is 13.8. The van der Waals surface area contributed by atoms with Gasteiger partial charge in [-0.3, -0.25) is 0 Å². The topological polar surface area (TPSA) is 73.1 Å². The minimum atomic E-state index is 0.421. The molecule has 0 unspecified atom stereocenters. The Morgan fingerprint density at radius 1 is 1.29 bits per heavy atom. The van der Waals surface area contributed by atoms with E-state index in [2.05, 4.69) is 44.2 Å². The van der Waals surface area contributed by atoms with Crippen LogP contribution in [0, 0.1) is 0 Å². The molecule has 6 heteroatoms. The van der Waals surface area contributed by atoms with Crippen molar-refractivity contribution < 1.29 is 4.74 Å². The van der Waals surface area contributed by atoms with Gasteiger partial charge in [-0.2, -0.15) is 4.98 Å². The van der Waals surface area contributed by atoms with Crippen LogP contribution in [0.5, 0.6) is 5.88 Å². The highest BCUT2D eigenvalue weighted by Gasteiger charge is 2.11. The van der Waals surface area contributed by atoms with E-state index in [1.807, 2.05) is 19.1 Å². The second-order valence-corrected chi connectivity index (χ2v) is 5.49. The van der Waals surface area contributed by atoms with Crippen molar-refractivity contribution in [1.29, 1.82) is 0 Å². The number of hydrogen-bond donors (Lipinski definition) is 2. The third-order valence-corrected chi connectivity index (χ3v) is 3.48. The molecule has 1 aromatic carbocycles. The number of hydrogen-bond acceptors (Lipinski definition) is 5. The van der Waals surface area contributed by atoms with Crippen LogP contribution in [0.3, 0.4) is 0 Å². The van der Waals surface area contributed by atoms with Gasteiger partial charge in [0.15, 0.2) is 5.82 Å². The minimum absolute atomic E-state index is 0.421. The van der Waals surface area contributed by atoms with Crippen molar-refractivity contribution in [3.8, 4) is 5.88 Å². The van der Waals surface area contributed by atoms with Crippen LogP contribution in [-0.2, 0) is 6.42 Å². The predicted octanol–water partition coefficient (Wildman–Crippen LogP) is 3.92. The van der Waals surface area contributed by atoms with Crippen LogP contribution in [-0.4, -0.2) is 16.6 Å². The predicted molar refractivity (Wildman–Crippen MR) is 89.0 cm³/mol. The van der Waals surface area contributed by atoms with Gasteiger partial charge >= 0.3 is 0 Å². The first kappa shape index (κ1) is 15.6. The summed E-state index contributed by atoms with van der Waals surface area (Å²) in [4.78, 5) is 8.27. The third-order valence-electron chi connectivity index (χ3n) is 2.99. The monoisotopic (exact) mass is 350 g/mol. The number of nitrogen functional groups attached to an aromatic ring is 1. The first-order chi connectivity index (χ1) is 10.2. The number of nitrogens with two attached hydrogens (primary N) is 1. The largest absolute Gasteiger partial charge is 0.476 e. The highest BCUT2D eigenvalue weighted by molar-refractivity contribution is 9.10. The fourth-order valence-electron chi connectivity index (χ4n) is 1.90. The maximum atomic E-state index is 6.07. The molecule has 21 heavy (non-hydrogen) atoms. The molecule has 112 valence electrons. The van der Waals surface area contributed by atoms with Crippen molar-refractivity contribution in [3.05, 3.63) is 34.6 Å². The van der Waals surface area contributed by atoms with Gasteiger partial charge in [0.05, 0.1) is 6.61 Å². The smallest absolute Gasteiger partial charge is 0.242 e. The summed E-state index contributed by atoms with van der Waals surface area (Å²) < 4.78 is 6.57. The molecule has 0 fully saturated rings. The number of nitrogens with zero attached hydrogens (tertiary/aromatic N) is 2. The summed E-state index contributed by atoms with van der Waals surface area (Å²) in [5, 5.41) is 3.26. The highest BCUT2D eigenvalue weighted by Crippen LogP contribution is 2.30. The first-order valence-electron chi connectivity index (χ1n) is 6.94. The van der Waals surface area contributed by atoms with Crippen LogP contribution in [0.25, 0.3) is 0 Å². The summed E-state index contributed by atoms with van der Waals surface area (Å²) in [6, 6.07) is 6.05. The number of aromatic nitrogens is 2. The second-order valence-electron chi connectivity index (χ2n) is 4.57. The molecule has 0 amide bonds. The molecule has 5 nitrogen and oxygen atoms in total. The fourth-order valence-corrected chi connectivity index (χ4v) is 2.31. The molecule has 2 aromatic rings. The van der Waals surface area contributed by atoms with E-state index in [1.54, 1.807) is 0 Å². The number of halogens is 1. The van der Waals surface area contributed by atoms with Gasteiger partial charge in [-0.25, -0.2) is 4.98 Å². The normalized spacial score (nSPS) is 10.4.